The maximum Gasteiger partial charge on any atom is 0.294 e. The number of alkyl halides is 1. The fourth-order valence-electron chi connectivity index (χ4n) is 0.973. The lowest BCUT2D eigenvalue weighted by Crippen LogP contribution is -2.16. The van der Waals surface area contributed by atoms with Gasteiger partial charge in [-0.05, 0) is 17.7 Å². The van der Waals surface area contributed by atoms with Crippen LogP contribution in [0.25, 0.3) is 0 Å². The number of hydrogen-bond donors (Lipinski definition) is 2. The second-order valence-corrected chi connectivity index (χ2v) is 5.48. The van der Waals surface area contributed by atoms with Crippen molar-refractivity contribution in [1.29, 1.82) is 0 Å². The van der Waals surface area contributed by atoms with E-state index < -0.39 is 19.9 Å². The number of hydrogen-bond acceptors (Lipinski definition) is 3. The van der Waals surface area contributed by atoms with Gasteiger partial charge in [-0.2, -0.15) is 8.42 Å². The zero-order valence-corrected chi connectivity index (χ0v) is 10.4. The molecule has 3 N–H and O–H groups in total. The molecule has 0 bridgehead atoms. The quantitative estimate of drug-likeness (QED) is 0.485. The molecule has 0 radical (unpaired) electrons. The lowest BCUT2D eigenvalue weighted by Gasteiger charge is -2.05. The zero-order chi connectivity index (χ0) is 11.6. The molecule has 1 rings (SSSR count). The third kappa shape index (κ3) is 3.14. The van der Waals surface area contributed by atoms with Crippen LogP contribution in [0, 0.1) is 0 Å². The van der Waals surface area contributed by atoms with E-state index >= 15 is 0 Å². The molecule has 1 atom stereocenters. The summed E-state index contributed by atoms with van der Waals surface area (Å²) in [6.45, 7) is 0. The standard InChI is InChI=1S/C8H8INO4S/c9-7(8(10)11)5-1-3-6(4-2-5)15(12,13)14/h1-4,7H,(H2,10,11)(H,12,13,14). The summed E-state index contributed by atoms with van der Waals surface area (Å²) in [6.07, 6.45) is 0. The van der Waals surface area contributed by atoms with Crippen LogP contribution in [0.5, 0.6) is 0 Å². The van der Waals surface area contributed by atoms with E-state index in [0.717, 1.165) is 0 Å². The summed E-state index contributed by atoms with van der Waals surface area (Å²) in [5.74, 6) is -0.504. The number of nitrogens with two attached hydrogens (primary N) is 1. The molecular weight excluding hydrogens is 333 g/mol. The summed E-state index contributed by atoms with van der Waals surface area (Å²) in [5.41, 5.74) is 5.67. The molecule has 0 aliphatic carbocycles. The van der Waals surface area contributed by atoms with Crippen LogP contribution in [0.3, 0.4) is 0 Å². The average molecular weight is 341 g/mol. The van der Waals surface area contributed by atoms with Crippen LogP contribution in [-0.4, -0.2) is 18.9 Å². The number of rotatable bonds is 3. The Hall–Kier alpha value is -0.670. The van der Waals surface area contributed by atoms with E-state index in [2.05, 4.69) is 0 Å². The van der Waals surface area contributed by atoms with Gasteiger partial charge in [-0.3, -0.25) is 9.35 Å². The highest BCUT2D eigenvalue weighted by molar-refractivity contribution is 14.1. The van der Waals surface area contributed by atoms with Crippen LogP contribution in [0.15, 0.2) is 29.2 Å². The van der Waals surface area contributed by atoms with E-state index in [1.165, 1.54) is 24.3 Å². The van der Waals surface area contributed by atoms with Crippen molar-refractivity contribution in [3.05, 3.63) is 29.8 Å². The molecule has 5 nitrogen and oxygen atoms in total. The molecule has 1 aromatic carbocycles. The van der Waals surface area contributed by atoms with Gasteiger partial charge in [0.15, 0.2) is 0 Å². The third-order valence-corrected chi connectivity index (χ3v) is 3.92. The Morgan fingerprint density at radius 2 is 1.80 bits per heavy atom. The van der Waals surface area contributed by atoms with Crippen molar-refractivity contribution >= 4 is 38.6 Å². The summed E-state index contributed by atoms with van der Waals surface area (Å²) >= 11 is 1.84. The van der Waals surface area contributed by atoms with Crippen molar-refractivity contribution in [2.75, 3.05) is 0 Å². The van der Waals surface area contributed by atoms with E-state index in [1.54, 1.807) is 0 Å². The number of benzene rings is 1. The smallest absolute Gasteiger partial charge is 0.294 e. The minimum atomic E-state index is -4.18. The summed E-state index contributed by atoms with van der Waals surface area (Å²) < 4.78 is 29.6. The fourth-order valence-corrected chi connectivity index (χ4v) is 1.87. The van der Waals surface area contributed by atoms with Gasteiger partial charge < -0.3 is 5.73 Å². The highest BCUT2D eigenvalue weighted by Crippen LogP contribution is 2.23. The van der Waals surface area contributed by atoms with Gasteiger partial charge in [-0.15, -0.1) is 0 Å². The normalized spacial score (nSPS) is 13.5. The lowest BCUT2D eigenvalue weighted by molar-refractivity contribution is -0.117. The van der Waals surface area contributed by atoms with Crippen LogP contribution in [-0.2, 0) is 14.9 Å². The lowest BCUT2D eigenvalue weighted by atomic mass is 10.1. The Morgan fingerprint density at radius 3 is 2.13 bits per heavy atom. The Morgan fingerprint density at radius 1 is 1.33 bits per heavy atom. The molecule has 0 fully saturated rings. The molecule has 0 saturated heterocycles. The van der Waals surface area contributed by atoms with Crippen LogP contribution in [0.1, 0.15) is 9.49 Å². The second kappa shape index (κ2) is 4.45. The highest BCUT2D eigenvalue weighted by atomic mass is 127. The first kappa shape index (κ1) is 12.4. The Labute approximate surface area is 101 Å². The maximum absolute atomic E-state index is 10.8. The number of amides is 1. The van der Waals surface area contributed by atoms with Gasteiger partial charge >= 0.3 is 0 Å². The molecule has 1 unspecified atom stereocenters. The number of halogens is 1. The molecule has 1 aromatic rings. The van der Waals surface area contributed by atoms with Gasteiger partial charge in [0, 0.05) is 0 Å². The molecule has 0 aliphatic heterocycles. The van der Waals surface area contributed by atoms with Gasteiger partial charge in [-0.25, -0.2) is 0 Å². The van der Waals surface area contributed by atoms with Crippen molar-refractivity contribution in [3.63, 3.8) is 0 Å². The van der Waals surface area contributed by atoms with Gasteiger partial charge in [0.25, 0.3) is 10.1 Å². The van der Waals surface area contributed by atoms with Crippen LogP contribution in [0.4, 0.5) is 0 Å². The SMILES string of the molecule is NC(=O)C(I)c1ccc(S(=O)(=O)O)cc1. The van der Waals surface area contributed by atoms with Crippen LogP contribution in [0.2, 0.25) is 0 Å². The van der Waals surface area contributed by atoms with Crippen molar-refractivity contribution in [2.45, 2.75) is 8.82 Å². The van der Waals surface area contributed by atoms with Crippen LogP contribution < -0.4 is 5.73 Å². The first-order valence-electron chi connectivity index (χ1n) is 3.83. The third-order valence-electron chi connectivity index (χ3n) is 1.72. The number of primary amides is 1. The average Bonchev–Trinajstić information content (AvgIpc) is 2.15. The van der Waals surface area contributed by atoms with E-state index in [4.69, 9.17) is 10.3 Å². The van der Waals surface area contributed by atoms with E-state index in [9.17, 15) is 13.2 Å². The van der Waals surface area contributed by atoms with Crippen molar-refractivity contribution in [2.24, 2.45) is 5.73 Å². The molecule has 0 aliphatic rings. The highest BCUT2D eigenvalue weighted by Gasteiger charge is 2.15. The van der Waals surface area contributed by atoms with Crippen LogP contribution >= 0.6 is 22.6 Å². The van der Waals surface area contributed by atoms with Gasteiger partial charge in [0.05, 0.1) is 4.90 Å². The second-order valence-electron chi connectivity index (χ2n) is 2.81. The predicted molar refractivity (Wildman–Crippen MR) is 62.2 cm³/mol. The molecule has 82 valence electrons. The van der Waals surface area contributed by atoms with Gasteiger partial charge in [0.2, 0.25) is 5.91 Å². The number of carbonyl (C=O) groups is 1. The molecule has 0 heterocycles. The Balaban J connectivity index is 3.06. The maximum atomic E-state index is 10.8. The summed E-state index contributed by atoms with van der Waals surface area (Å²) in [7, 11) is -4.18. The molecule has 0 spiro atoms. The topological polar surface area (TPSA) is 97.5 Å². The minimum Gasteiger partial charge on any atom is -0.368 e. The van der Waals surface area contributed by atoms with Gasteiger partial charge in [-0.1, -0.05) is 34.7 Å². The van der Waals surface area contributed by atoms with E-state index in [1.807, 2.05) is 22.6 Å². The summed E-state index contributed by atoms with van der Waals surface area (Å²) in [6, 6.07) is 5.31. The molecule has 0 aromatic heterocycles. The fraction of sp³-hybridized carbons (Fsp3) is 0.125. The molecular formula is C8H8INO4S. The van der Waals surface area contributed by atoms with E-state index in [-0.39, 0.29) is 4.90 Å². The molecule has 15 heavy (non-hydrogen) atoms. The number of carbonyl (C=O) groups excluding carboxylic acids is 1. The van der Waals surface area contributed by atoms with Gasteiger partial charge in [0.1, 0.15) is 3.92 Å². The van der Waals surface area contributed by atoms with Crippen molar-refractivity contribution in [1.82, 2.24) is 0 Å². The first-order valence-corrected chi connectivity index (χ1v) is 6.52. The van der Waals surface area contributed by atoms with Crippen molar-refractivity contribution < 1.29 is 17.8 Å². The molecule has 0 saturated carbocycles. The largest absolute Gasteiger partial charge is 0.368 e. The minimum absolute atomic E-state index is 0.209. The summed E-state index contributed by atoms with van der Waals surface area (Å²) in [4.78, 5) is 10.6. The van der Waals surface area contributed by atoms with Crippen molar-refractivity contribution in [3.8, 4) is 0 Å². The Bertz CT molecular complexity index is 468. The molecule has 1 amide bonds. The summed E-state index contributed by atoms with van der Waals surface area (Å²) in [5, 5.41) is 0. The first-order chi connectivity index (χ1) is 6.82. The Kier molecular flexibility index (Phi) is 3.68. The monoisotopic (exact) mass is 341 g/mol. The predicted octanol–water partition coefficient (Wildman–Crippen LogP) is 0.895. The zero-order valence-electron chi connectivity index (χ0n) is 7.42. The van der Waals surface area contributed by atoms with E-state index in [0.29, 0.717) is 5.56 Å². The molecule has 7 heteroatoms.